The van der Waals surface area contributed by atoms with Crippen LogP contribution in [0.25, 0.3) is 0 Å². The van der Waals surface area contributed by atoms with E-state index in [1.165, 1.54) is 0 Å². The zero-order valence-electron chi connectivity index (χ0n) is 11.1. The first kappa shape index (κ1) is 14.6. The van der Waals surface area contributed by atoms with Gasteiger partial charge in [0.15, 0.2) is 5.82 Å². The lowest BCUT2D eigenvalue weighted by Gasteiger charge is -2.29. The second-order valence-corrected chi connectivity index (χ2v) is 4.90. The van der Waals surface area contributed by atoms with Crippen LogP contribution in [0.4, 0.5) is 20.2 Å². The van der Waals surface area contributed by atoms with Crippen molar-refractivity contribution in [3.05, 3.63) is 33.9 Å². The average molecular weight is 286 g/mol. The van der Waals surface area contributed by atoms with Gasteiger partial charge in [0.1, 0.15) is 11.5 Å². The molecule has 2 rings (SSSR count). The van der Waals surface area contributed by atoms with Crippen molar-refractivity contribution >= 4 is 11.4 Å². The van der Waals surface area contributed by atoms with Gasteiger partial charge in [0.05, 0.1) is 17.1 Å². The maximum Gasteiger partial charge on any atom is 0.298 e. The Hall–Kier alpha value is -1.76. The van der Waals surface area contributed by atoms with Gasteiger partial charge in [0.25, 0.3) is 5.69 Å². The first-order valence-electron chi connectivity index (χ1n) is 6.44. The molecule has 7 heteroatoms. The van der Waals surface area contributed by atoms with Crippen LogP contribution in [0.1, 0.15) is 25.7 Å². The van der Waals surface area contributed by atoms with Gasteiger partial charge in [-0.25, -0.2) is 8.78 Å². The van der Waals surface area contributed by atoms with Gasteiger partial charge in [-0.1, -0.05) is 0 Å². The summed E-state index contributed by atoms with van der Waals surface area (Å²) < 4.78 is 32.1. The number of nitro groups is 1. The summed E-state index contributed by atoms with van der Waals surface area (Å²) in [4.78, 5) is 10.1. The van der Waals surface area contributed by atoms with E-state index in [1.807, 2.05) is 0 Å². The summed E-state index contributed by atoms with van der Waals surface area (Å²) in [5, 5.41) is 13.7. The molecule has 1 fully saturated rings. The molecule has 1 aliphatic carbocycles. The Morgan fingerprint density at radius 1 is 1.40 bits per heavy atom. The number of anilines is 1. The van der Waals surface area contributed by atoms with E-state index in [9.17, 15) is 18.9 Å². The van der Waals surface area contributed by atoms with Crippen molar-refractivity contribution in [2.45, 2.75) is 37.8 Å². The summed E-state index contributed by atoms with van der Waals surface area (Å²) in [6.07, 6.45) is 3.29. The zero-order valence-corrected chi connectivity index (χ0v) is 11.1. The van der Waals surface area contributed by atoms with E-state index >= 15 is 0 Å². The summed E-state index contributed by atoms with van der Waals surface area (Å²) in [6.45, 7) is 0. The van der Waals surface area contributed by atoms with Crippen LogP contribution in [0, 0.1) is 21.7 Å². The van der Waals surface area contributed by atoms with Crippen molar-refractivity contribution in [2.75, 3.05) is 12.4 Å². The summed E-state index contributed by atoms with van der Waals surface area (Å²) in [5.41, 5.74) is -0.833. The van der Waals surface area contributed by atoms with Crippen LogP contribution >= 0.6 is 0 Å². The number of nitrogens with one attached hydrogen (secondary N) is 1. The number of methoxy groups -OCH3 is 1. The highest BCUT2D eigenvalue weighted by molar-refractivity contribution is 5.63. The van der Waals surface area contributed by atoms with Crippen molar-refractivity contribution < 1.29 is 18.4 Å². The predicted octanol–water partition coefficient (Wildman–Crippen LogP) is 3.24. The highest BCUT2D eigenvalue weighted by Crippen LogP contribution is 2.32. The molecular formula is C13H16F2N2O3. The van der Waals surface area contributed by atoms with Crippen LogP contribution in [0.2, 0.25) is 0 Å². The molecule has 110 valence electrons. The third kappa shape index (κ3) is 3.22. The summed E-state index contributed by atoms with van der Waals surface area (Å²) in [7, 11) is 1.61. The summed E-state index contributed by atoms with van der Waals surface area (Å²) >= 11 is 0. The van der Waals surface area contributed by atoms with Crippen LogP contribution in [0.15, 0.2) is 12.1 Å². The van der Waals surface area contributed by atoms with Crippen molar-refractivity contribution in [1.29, 1.82) is 0 Å². The van der Waals surface area contributed by atoms with E-state index in [4.69, 9.17) is 4.74 Å². The molecule has 5 nitrogen and oxygen atoms in total. The van der Waals surface area contributed by atoms with Crippen LogP contribution in [-0.4, -0.2) is 24.2 Å². The quantitative estimate of drug-likeness (QED) is 0.681. The Balaban J connectivity index is 2.22. The topological polar surface area (TPSA) is 64.4 Å². The average Bonchev–Trinajstić information content (AvgIpc) is 2.41. The second-order valence-electron chi connectivity index (χ2n) is 4.90. The van der Waals surface area contributed by atoms with Gasteiger partial charge in [-0.05, 0) is 25.7 Å². The molecule has 0 amide bonds. The molecule has 0 spiro atoms. The van der Waals surface area contributed by atoms with Crippen LogP contribution < -0.4 is 5.32 Å². The minimum absolute atomic E-state index is 0.0591. The Kier molecular flexibility index (Phi) is 4.49. The van der Waals surface area contributed by atoms with Gasteiger partial charge >= 0.3 is 0 Å². The maximum absolute atomic E-state index is 13.8. The van der Waals surface area contributed by atoms with E-state index in [2.05, 4.69) is 5.32 Å². The number of nitro benzene ring substituents is 1. The molecule has 1 N–H and O–H groups in total. The van der Waals surface area contributed by atoms with E-state index in [1.54, 1.807) is 7.11 Å². The van der Waals surface area contributed by atoms with Crippen LogP contribution in [-0.2, 0) is 4.74 Å². The number of halogens is 2. The lowest BCUT2D eigenvalue weighted by atomic mass is 9.92. The first-order valence-corrected chi connectivity index (χ1v) is 6.44. The van der Waals surface area contributed by atoms with E-state index < -0.39 is 22.2 Å². The Bertz CT molecular complexity index is 511. The highest BCUT2D eigenvalue weighted by atomic mass is 19.1. The van der Waals surface area contributed by atoms with Gasteiger partial charge in [0, 0.05) is 19.2 Å². The fraction of sp³-hybridized carbons (Fsp3) is 0.538. The normalized spacial score (nSPS) is 22.6. The number of benzene rings is 1. The molecule has 0 radical (unpaired) electrons. The van der Waals surface area contributed by atoms with Crippen molar-refractivity contribution in [3.8, 4) is 0 Å². The number of rotatable bonds is 4. The Morgan fingerprint density at radius 3 is 2.80 bits per heavy atom. The number of ether oxygens (including phenoxy) is 1. The third-order valence-corrected chi connectivity index (χ3v) is 3.54. The molecule has 1 aromatic carbocycles. The Labute approximate surface area is 115 Å². The van der Waals surface area contributed by atoms with E-state index in [-0.39, 0.29) is 17.8 Å². The molecule has 20 heavy (non-hydrogen) atoms. The first-order chi connectivity index (χ1) is 9.51. The van der Waals surface area contributed by atoms with Crippen molar-refractivity contribution in [1.82, 2.24) is 0 Å². The number of hydrogen-bond acceptors (Lipinski definition) is 4. The molecule has 1 aliphatic rings. The van der Waals surface area contributed by atoms with Crippen molar-refractivity contribution in [3.63, 3.8) is 0 Å². The molecule has 1 aromatic rings. The molecule has 1 saturated carbocycles. The van der Waals surface area contributed by atoms with E-state index in [0.717, 1.165) is 25.3 Å². The fourth-order valence-corrected chi connectivity index (χ4v) is 2.54. The molecule has 0 saturated heterocycles. The standard InChI is InChI=1S/C13H16F2N2O3/c1-20-10-4-2-3-9(7-10)16-13-11(15)5-8(14)6-12(13)17(18)19/h5-6,9-10,16H,2-4,7H2,1H3. The largest absolute Gasteiger partial charge is 0.381 e. The van der Waals surface area contributed by atoms with Gasteiger partial charge < -0.3 is 10.1 Å². The lowest BCUT2D eigenvalue weighted by Crippen LogP contribution is -2.31. The van der Waals surface area contributed by atoms with Gasteiger partial charge in [-0.2, -0.15) is 0 Å². The molecule has 0 heterocycles. The maximum atomic E-state index is 13.8. The minimum atomic E-state index is -0.960. The fourth-order valence-electron chi connectivity index (χ4n) is 2.54. The van der Waals surface area contributed by atoms with E-state index in [0.29, 0.717) is 12.5 Å². The number of nitrogens with zero attached hydrogens (tertiary/aromatic N) is 1. The lowest BCUT2D eigenvalue weighted by molar-refractivity contribution is -0.384. The monoisotopic (exact) mass is 286 g/mol. The molecule has 0 aromatic heterocycles. The predicted molar refractivity (Wildman–Crippen MR) is 69.7 cm³/mol. The summed E-state index contributed by atoms with van der Waals surface area (Å²) in [5.74, 6) is -1.91. The molecular weight excluding hydrogens is 270 g/mol. The second kappa shape index (κ2) is 6.13. The number of hydrogen-bond donors (Lipinski definition) is 1. The van der Waals surface area contributed by atoms with Gasteiger partial charge in [-0.3, -0.25) is 10.1 Å². The Morgan fingerprint density at radius 2 is 2.15 bits per heavy atom. The molecule has 0 aliphatic heterocycles. The molecule has 0 bridgehead atoms. The van der Waals surface area contributed by atoms with Crippen molar-refractivity contribution in [2.24, 2.45) is 0 Å². The zero-order chi connectivity index (χ0) is 14.7. The molecule has 2 unspecified atom stereocenters. The van der Waals surface area contributed by atoms with Gasteiger partial charge in [0.2, 0.25) is 0 Å². The van der Waals surface area contributed by atoms with Crippen LogP contribution in [0.5, 0.6) is 0 Å². The summed E-state index contributed by atoms with van der Waals surface area (Å²) in [6, 6.07) is 1.25. The van der Waals surface area contributed by atoms with Gasteiger partial charge in [-0.15, -0.1) is 0 Å². The smallest absolute Gasteiger partial charge is 0.298 e. The SMILES string of the molecule is COC1CCCC(Nc2c(F)cc(F)cc2[N+](=O)[O-])C1. The molecule has 2 atom stereocenters. The third-order valence-electron chi connectivity index (χ3n) is 3.54. The highest BCUT2D eigenvalue weighted by Gasteiger charge is 2.26. The minimum Gasteiger partial charge on any atom is -0.381 e. The van der Waals surface area contributed by atoms with Crippen LogP contribution in [0.3, 0.4) is 0 Å².